The molecule has 0 aromatic heterocycles. The number of Topliss-reactive ketones (excluding diaryl/α,β-unsaturated/α-hetero) is 1. The van der Waals surface area contributed by atoms with Crippen LogP contribution in [0.25, 0.3) is 0 Å². The predicted octanol–water partition coefficient (Wildman–Crippen LogP) is 0.876. The normalized spacial score (nSPS) is 9.64. The summed E-state index contributed by atoms with van der Waals surface area (Å²) in [7, 11) is 3.62. The van der Waals surface area contributed by atoms with Gasteiger partial charge in [-0.1, -0.05) is 0 Å². The number of hydrogen-bond donors (Lipinski definition) is 1. The van der Waals surface area contributed by atoms with E-state index in [1.54, 1.807) is 24.4 Å². The molecule has 0 spiro atoms. The molecule has 58 valence electrons. The van der Waals surface area contributed by atoms with E-state index in [0.29, 0.717) is 0 Å². The molecule has 1 aromatic rings. The average molecular weight is 149 g/mol. The number of nitrogens with two attached hydrogens (primary N) is 1. The lowest BCUT2D eigenvalue weighted by Crippen LogP contribution is -2.69. The van der Waals surface area contributed by atoms with E-state index in [1.165, 1.54) is 0 Å². The summed E-state index contributed by atoms with van der Waals surface area (Å²) in [6, 6.07) is 7.37. The highest BCUT2D eigenvalue weighted by Crippen LogP contribution is 2.04. The molecule has 1 aromatic carbocycles. The van der Waals surface area contributed by atoms with Crippen LogP contribution in [0.3, 0.4) is 0 Å². The highest BCUT2D eigenvalue weighted by Gasteiger charge is 1.97. The van der Waals surface area contributed by atoms with Gasteiger partial charge in [0.05, 0.1) is 0 Å². The lowest BCUT2D eigenvalue weighted by molar-refractivity contribution is -0.504. The topological polar surface area (TPSA) is 33.7 Å². The molecule has 11 heavy (non-hydrogen) atoms. The van der Waals surface area contributed by atoms with Crippen molar-refractivity contribution >= 4 is 11.5 Å². The van der Waals surface area contributed by atoms with Gasteiger partial charge in [0.2, 0.25) is 0 Å². The molecule has 0 aliphatic carbocycles. The Morgan fingerprint density at radius 2 is 1.91 bits per heavy atom. The Hall–Kier alpha value is -1.15. The molecular formula is C9H11NO. The smallest absolute Gasteiger partial charge is 0.159 e. The number of quaternary nitrogens is 1. The van der Waals surface area contributed by atoms with E-state index in [9.17, 15) is 4.79 Å². The first-order valence-corrected chi connectivity index (χ1v) is 3.47. The van der Waals surface area contributed by atoms with Crippen molar-refractivity contribution in [1.82, 2.24) is 0 Å². The quantitative estimate of drug-likeness (QED) is 0.378. The zero-order chi connectivity index (χ0) is 8.27. The van der Waals surface area contributed by atoms with Crippen LogP contribution in [0.2, 0.25) is 0 Å². The average Bonchev–Trinajstić information content (AvgIpc) is 2.05. The van der Waals surface area contributed by atoms with Crippen LogP contribution in [0.1, 0.15) is 17.3 Å². The maximum atomic E-state index is 10.8. The monoisotopic (exact) mass is 149 g/mol. The first-order chi connectivity index (χ1) is 5.24. The van der Waals surface area contributed by atoms with Gasteiger partial charge in [-0.05, 0) is 31.2 Å². The van der Waals surface area contributed by atoms with E-state index in [1.807, 2.05) is 12.1 Å². The van der Waals surface area contributed by atoms with Gasteiger partial charge in [0.25, 0.3) is 0 Å². The minimum atomic E-state index is 0.0978. The molecule has 2 nitrogen and oxygen atoms in total. The number of hydrogen-bond acceptors (Lipinski definition) is 1. The molecule has 0 heterocycles. The lowest BCUT2D eigenvalue weighted by Gasteiger charge is -1.98. The standard InChI is InChI=1S/C9H11NO/c1-7(11)8-3-5-9(10-2)6-4-8/h3-6H,2,10H2,1H3. The molecule has 1 rings (SSSR count). The second-order valence-corrected chi connectivity index (χ2v) is 2.38. The van der Waals surface area contributed by atoms with E-state index < -0.39 is 0 Å². The van der Waals surface area contributed by atoms with Crippen LogP contribution in [-0.2, 0) is 0 Å². The third kappa shape index (κ3) is 1.88. The van der Waals surface area contributed by atoms with Crippen LogP contribution in [-0.4, -0.2) is 5.78 Å². The van der Waals surface area contributed by atoms with Crippen molar-refractivity contribution in [3.8, 4) is 0 Å². The molecule has 0 saturated carbocycles. The van der Waals surface area contributed by atoms with Crippen molar-refractivity contribution < 1.29 is 10.1 Å². The van der Waals surface area contributed by atoms with E-state index in [0.717, 1.165) is 11.3 Å². The number of rotatable bonds is 2. The summed E-state index contributed by atoms with van der Waals surface area (Å²) in [5.74, 6) is 0.0978. The fourth-order valence-electron chi connectivity index (χ4n) is 0.854. The Bertz CT molecular complexity index is 251. The molecule has 0 aliphatic rings. The van der Waals surface area contributed by atoms with Gasteiger partial charge >= 0.3 is 0 Å². The Kier molecular flexibility index (Phi) is 2.39. The maximum Gasteiger partial charge on any atom is 0.159 e. The molecule has 0 unspecified atom stereocenters. The molecular weight excluding hydrogens is 138 g/mol. The fraction of sp³-hybridized carbons (Fsp3) is 0.111. The third-order valence-corrected chi connectivity index (χ3v) is 1.55. The minimum Gasteiger partial charge on any atom is -0.446 e. The second kappa shape index (κ2) is 3.30. The summed E-state index contributed by atoms with van der Waals surface area (Å²) in [5.41, 5.74) is 1.78. The van der Waals surface area contributed by atoms with Gasteiger partial charge in [-0.25, -0.2) is 0 Å². The highest BCUT2D eigenvalue weighted by atomic mass is 16.1. The van der Waals surface area contributed by atoms with Gasteiger partial charge in [0, 0.05) is 5.56 Å². The molecule has 0 radical (unpaired) electrons. The Labute approximate surface area is 66.2 Å². The van der Waals surface area contributed by atoms with Crippen LogP contribution in [0, 0.1) is 7.05 Å². The van der Waals surface area contributed by atoms with Gasteiger partial charge in [0.1, 0.15) is 5.69 Å². The molecule has 0 aliphatic heterocycles. The lowest BCUT2D eigenvalue weighted by atomic mass is 10.1. The number of carbonyl (C=O) groups excluding carboxylic acids is 1. The Balaban J connectivity index is 2.91. The fourth-order valence-corrected chi connectivity index (χ4v) is 0.854. The largest absolute Gasteiger partial charge is 0.446 e. The van der Waals surface area contributed by atoms with Crippen LogP contribution in [0.5, 0.6) is 0 Å². The summed E-state index contributed by atoms with van der Waals surface area (Å²) in [4.78, 5) is 10.8. The SMILES string of the molecule is [CH2-][NH2+]c1ccc(C(C)=O)cc1. The molecule has 2 N–H and O–H groups in total. The first-order valence-electron chi connectivity index (χ1n) is 3.47. The highest BCUT2D eigenvalue weighted by molar-refractivity contribution is 5.94. The molecule has 0 amide bonds. The van der Waals surface area contributed by atoms with Gasteiger partial charge < -0.3 is 5.32 Å². The van der Waals surface area contributed by atoms with Crippen molar-refractivity contribution in [2.45, 2.75) is 6.92 Å². The predicted molar refractivity (Wildman–Crippen MR) is 43.4 cm³/mol. The van der Waals surface area contributed by atoms with Crippen LogP contribution >= 0.6 is 0 Å². The van der Waals surface area contributed by atoms with Gasteiger partial charge in [-0.2, -0.15) is 0 Å². The van der Waals surface area contributed by atoms with Crippen molar-refractivity contribution in [2.24, 2.45) is 0 Å². The summed E-state index contributed by atoms with van der Waals surface area (Å²) in [5, 5.41) is 1.75. The Morgan fingerprint density at radius 1 is 1.36 bits per heavy atom. The summed E-state index contributed by atoms with van der Waals surface area (Å²) < 4.78 is 0. The summed E-state index contributed by atoms with van der Waals surface area (Å²) in [6.45, 7) is 1.56. The van der Waals surface area contributed by atoms with Crippen molar-refractivity contribution in [3.05, 3.63) is 36.9 Å². The second-order valence-electron chi connectivity index (χ2n) is 2.38. The molecule has 2 heteroatoms. The van der Waals surface area contributed by atoms with E-state index in [4.69, 9.17) is 0 Å². The van der Waals surface area contributed by atoms with Gasteiger partial charge in [0.15, 0.2) is 5.78 Å². The number of ketones is 1. The molecule has 0 saturated heterocycles. The number of benzene rings is 1. The first kappa shape index (κ1) is 7.95. The van der Waals surface area contributed by atoms with Crippen LogP contribution < -0.4 is 5.32 Å². The van der Waals surface area contributed by atoms with Crippen LogP contribution in [0.15, 0.2) is 24.3 Å². The van der Waals surface area contributed by atoms with E-state index in [2.05, 4.69) is 7.05 Å². The third-order valence-electron chi connectivity index (χ3n) is 1.55. The van der Waals surface area contributed by atoms with Crippen molar-refractivity contribution in [3.63, 3.8) is 0 Å². The minimum absolute atomic E-state index is 0.0978. The van der Waals surface area contributed by atoms with Gasteiger partial charge in [-0.3, -0.25) is 4.79 Å². The van der Waals surface area contributed by atoms with Crippen LogP contribution in [0.4, 0.5) is 5.69 Å². The zero-order valence-electron chi connectivity index (χ0n) is 6.50. The van der Waals surface area contributed by atoms with Crippen molar-refractivity contribution in [2.75, 3.05) is 0 Å². The van der Waals surface area contributed by atoms with Crippen molar-refractivity contribution in [1.29, 1.82) is 0 Å². The van der Waals surface area contributed by atoms with Gasteiger partial charge in [-0.15, -0.1) is 7.05 Å². The zero-order valence-corrected chi connectivity index (χ0v) is 6.50. The molecule has 0 bridgehead atoms. The maximum absolute atomic E-state index is 10.8. The number of carbonyl (C=O) groups is 1. The van der Waals surface area contributed by atoms with E-state index >= 15 is 0 Å². The summed E-state index contributed by atoms with van der Waals surface area (Å²) in [6.07, 6.45) is 0. The Morgan fingerprint density at radius 3 is 2.27 bits per heavy atom. The molecule has 0 fully saturated rings. The molecule has 0 atom stereocenters. The van der Waals surface area contributed by atoms with E-state index in [-0.39, 0.29) is 5.78 Å². The summed E-state index contributed by atoms with van der Waals surface area (Å²) >= 11 is 0.